The van der Waals surface area contributed by atoms with Gasteiger partial charge in [0.1, 0.15) is 0 Å². The van der Waals surface area contributed by atoms with E-state index in [0.717, 1.165) is 29.9 Å². The maximum atomic E-state index is 12.9. The molecule has 0 saturated heterocycles. The van der Waals surface area contributed by atoms with Gasteiger partial charge in [0.2, 0.25) is 0 Å². The Labute approximate surface area is 185 Å². The summed E-state index contributed by atoms with van der Waals surface area (Å²) in [7, 11) is 0. The third kappa shape index (κ3) is 5.32. The van der Waals surface area contributed by atoms with Gasteiger partial charge in [-0.1, -0.05) is 57.0 Å². The molecule has 162 valence electrons. The normalized spacial score (nSPS) is 10.8. The number of nitrogens with zero attached hydrogens (tertiary/aromatic N) is 2. The number of nitrogens with one attached hydrogen (secondary N) is 2. The Morgan fingerprint density at radius 1 is 0.935 bits per heavy atom. The Morgan fingerprint density at radius 3 is 2.35 bits per heavy atom. The van der Waals surface area contributed by atoms with Crippen LogP contribution in [0.3, 0.4) is 0 Å². The van der Waals surface area contributed by atoms with Crippen LogP contribution in [-0.4, -0.2) is 27.3 Å². The molecule has 3 rings (SSSR count). The molecular weight excluding hydrogens is 412 g/mol. The highest BCUT2D eigenvalue weighted by Gasteiger charge is 2.18. The molecule has 0 spiro atoms. The first kappa shape index (κ1) is 22.6. The average Bonchev–Trinajstić information content (AvgIpc) is 2.79. The molecule has 0 bridgehead atoms. The van der Waals surface area contributed by atoms with E-state index in [1.54, 1.807) is 48.2 Å². The molecule has 0 radical (unpaired) electrons. The van der Waals surface area contributed by atoms with E-state index >= 15 is 0 Å². The number of rotatable bonds is 8. The van der Waals surface area contributed by atoms with Crippen molar-refractivity contribution >= 4 is 34.3 Å². The number of hydrogen-bond acceptors (Lipinski definition) is 5. The van der Waals surface area contributed by atoms with Crippen LogP contribution in [0.1, 0.15) is 54.0 Å². The third-order valence-corrected chi connectivity index (χ3v) is 5.73. The van der Waals surface area contributed by atoms with E-state index in [4.69, 9.17) is 0 Å². The van der Waals surface area contributed by atoms with E-state index in [2.05, 4.69) is 22.9 Å². The molecule has 8 heteroatoms. The standard InChI is InChI=1S/C23H26N4O3S/c1-3-5-10-15-27-23(30)17-12-7-6-11-16(17)20(26-27)22(29)25-24-21(28)18-13-8-9-14-19(18)31-4-2/h6-9,11-14H,3-5,10,15H2,1-2H3,(H,24,28)(H,25,29). The van der Waals surface area contributed by atoms with Gasteiger partial charge in [-0.3, -0.25) is 25.2 Å². The summed E-state index contributed by atoms with van der Waals surface area (Å²) in [6.07, 6.45) is 2.78. The van der Waals surface area contributed by atoms with Crippen LogP contribution >= 0.6 is 11.8 Å². The number of carbonyl (C=O) groups is 2. The van der Waals surface area contributed by atoms with Crippen molar-refractivity contribution in [1.82, 2.24) is 20.6 Å². The number of carbonyl (C=O) groups excluding carboxylic acids is 2. The highest BCUT2D eigenvalue weighted by molar-refractivity contribution is 7.99. The molecule has 0 unspecified atom stereocenters. The number of hydrogen-bond donors (Lipinski definition) is 2. The molecule has 0 aliphatic rings. The number of thioether (sulfide) groups is 1. The van der Waals surface area contributed by atoms with Crippen molar-refractivity contribution in [3.05, 3.63) is 70.1 Å². The number of aryl methyl sites for hydroxylation is 1. The van der Waals surface area contributed by atoms with Crippen molar-refractivity contribution < 1.29 is 9.59 Å². The lowest BCUT2D eigenvalue weighted by molar-refractivity contribution is 0.0842. The number of fused-ring (bicyclic) bond motifs is 1. The zero-order valence-corrected chi connectivity index (χ0v) is 18.5. The predicted octanol–water partition coefficient (Wildman–Crippen LogP) is 3.77. The summed E-state index contributed by atoms with van der Waals surface area (Å²) in [6.45, 7) is 4.52. The number of benzene rings is 2. The largest absolute Gasteiger partial charge is 0.290 e. The fraction of sp³-hybridized carbons (Fsp3) is 0.304. The van der Waals surface area contributed by atoms with Gasteiger partial charge in [0.25, 0.3) is 17.4 Å². The predicted molar refractivity (Wildman–Crippen MR) is 123 cm³/mol. The topological polar surface area (TPSA) is 93.1 Å². The van der Waals surface area contributed by atoms with Gasteiger partial charge >= 0.3 is 0 Å². The van der Waals surface area contributed by atoms with E-state index in [1.807, 2.05) is 19.1 Å². The van der Waals surface area contributed by atoms with Crippen molar-refractivity contribution in [1.29, 1.82) is 0 Å². The third-order valence-electron chi connectivity index (χ3n) is 4.78. The van der Waals surface area contributed by atoms with E-state index in [1.165, 1.54) is 4.68 Å². The summed E-state index contributed by atoms with van der Waals surface area (Å²) in [4.78, 5) is 39.1. The monoisotopic (exact) mass is 438 g/mol. The van der Waals surface area contributed by atoms with Gasteiger partial charge < -0.3 is 0 Å². The van der Waals surface area contributed by atoms with Crippen LogP contribution in [0.5, 0.6) is 0 Å². The van der Waals surface area contributed by atoms with E-state index in [-0.39, 0.29) is 11.3 Å². The lowest BCUT2D eigenvalue weighted by Gasteiger charge is -2.13. The first-order valence-electron chi connectivity index (χ1n) is 10.4. The van der Waals surface area contributed by atoms with Gasteiger partial charge in [-0.15, -0.1) is 11.8 Å². The molecule has 0 fully saturated rings. The van der Waals surface area contributed by atoms with Crippen LogP contribution < -0.4 is 16.4 Å². The summed E-state index contributed by atoms with van der Waals surface area (Å²) < 4.78 is 1.34. The molecule has 31 heavy (non-hydrogen) atoms. The Morgan fingerprint density at radius 2 is 1.61 bits per heavy atom. The molecule has 7 nitrogen and oxygen atoms in total. The Balaban J connectivity index is 1.84. The molecule has 1 heterocycles. The summed E-state index contributed by atoms with van der Waals surface area (Å²) in [5, 5.41) is 5.18. The second kappa shape index (κ2) is 10.8. The van der Waals surface area contributed by atoms with Gasteiger partial charge in [0.05, 0.1) is 10.9 Å². The zero-order chi connectivity index (χ0) is 22.2. The molecule has 1 aromatic heterocycles. The quantitative estimate of drug-likeness (QED) is 0.317. The smallest absolute Gasteiger partial charge is 0.267 e. The molecule has 0 aliphatic carbocycles. The fourth-order valence-electron chi connectivity index (χ4n) is 3.24. The maximum Gasteiger partial charge on any atom is 0.290 e. The van der Waals surface area contributed by atoms with Crippen molar-refractivity contribution in [2.75, 3.05) is 5.75 Å². The molecule has 0 saturated carbocycles. The fourth-order valence-corrected chi connectivity index (χ4v) is 4.04. The minimum atomic E-state index is -0.575. The van der Waals surface area contributed by atoms with Crippen LogP contribution in [0, 0.1) is 0 Å². The van der Waals surface area contributed by atoms with Gasteiger partial charge in [0.15, 0.2) is 5.69 Å². The van der Waals surface area contributed by atoms with Gasteiger partial charge in [0, 0.05) is 16.8 Å². The minimum absolute atomic E-state index is 0.100. The molecule has 3 aromatic rings. The average molecular weight is 439 g/mol. The maximum absolute atomic E-state index is 12.9. The van der Waals surface area contributed by atoms with E-state index in [9.17, 15) is 14.4 Å². The van der Waals surface area contributed by atoms with Gasteiger partial charge in [-0.05, 0) is 30.4 Å². The summed E-state index contributed by atoms with van der Waals surface area (Å²) in [6, 6.07) is 14.1. The lowest BCUT2D eigenvalue weighted by Crippen LogP contribution is -2.43. The van der Waals surface area contributed by atoms with E-state index in [0.29, 0.717) is 22.9 Å². The Kier molecular flexibility index (Phi) is 7.83. The minimum Gasteiger partial charge on any atom is -0.267 e. The molecule has 2 N–H and O–H groups in total. The van der Waals surface area contributed by atoms with Crippen molar-refractivity contribution in [2.45, 2.75) is 44.6 Å². The highest BCUT2D eigenvalue weighted by Crippen LogP contribution is 2.22. The molecule has 2 amide bonds. The van der Waals surface area contributed by atoms with Gasteiger partial charge in [-0.2, -0.15) is 5.10 Å². The van der Waals surface area contributed by atoms with Crippen molar-refractivity contribution in [2.24, 2.45) is 0 Å². The molecular formula is C23H26N4O3S. The second-order valence-corrected chi connectivity index (χ2v) is 8.27. The Bertz CT molecular complexity index is 1140. The SMILES string of the molecule is CCCCCn1nc(C(=O)NNC(=O)c2ccccc2SCC)c2ccccc2c1=O. The second-order valence-electron chi connectivity index (χ2n) is 6.97. The van der Waals surface area contributed by atoms with Crippen LogP contribution in [0.2, 0.25) is 0 Å². The number of unbranched alkanes of at least 4 members (excludes halogenated alkanes) is 2. The van der Waals surface area contributed by atoms with Crippen LogP contribution in [0.15, 0.2) is 58.2 Å². The van der Waals surface area contributed by atoms with Crippen LogP contribution in [0.25, 0.3) is 10.8 Å². The first-order valence-corrected chi connectivity index (χ1v) is 11.4. The Hall–Kier alpha value is -3.13. The summed E-state index contributed by atoms with van der Waals surface area (Å²) >= 11 is 1.55. The molecule has 0 atom stereocenters. The number of hydrazine groups is 1. The zero-order valence-electron chi connectivity index (χ0n) is 17.7. The first-order chi connectivity index (χ1) is 15.1. The van der Waals surface area contributed by atoms with Crippen molar-refractivity contribution in [3.8, 4) is 0 Å². The number of amides is 2. The molecule has 2 aromatic carbocycles. The van der Waals surface area contributed by atoms with Crippen molar-refractivity contribution in [3.63, 3.8) is 0 Å². The molecule has 0 aliphatic heterocycles. The van der Waals surface area contributed by atoms with Crippen LogP contribution in [-0.2, 0) is 6.54 Å². The highest BCUT2D eigenvalue weighted by atomic mass is 32.2. The lowest BCUT2D eigenvalue weighted by atomic mass is 10.1. The summed E-state index contributed by atoms with van der Waals surface area (Å²) in [5.74, 6) is -0.161. The summed E-state index contributed by atoms with van der Waals surface area (Å²) in [5.41, 5.74) is 5.27. The van der Waals surface area contributed by atoms with Gasteiger partial charge in [-0.25, -0.2) is 4.68 Å². The number of aromatic nitrogens is 2. The van der Waals surface area contributed by atoms with E-state index < -0.39 is 11.8 Å². The van der Waals surface area contributed by atoms with Crippen LogP contribution in [0.4, 0.5) is 0 Å².